The Balaban J connectivity index is 1.82. The molecule has 0 aliphatic carbocycles. The minimum absolute atomic E-state index is 0.328. The number of aromatic nitrogens is 3. The standard InChI is InChI=1S/C25H23N3O3/c1-25(2)14-21-18(16-31-25)13-20-22(26-21)27(15-17-9-5-3-6-10-17)24(30)28(23(20)29)19-11-7-4-8-12-19/h3-13H,14-16H2,1-2H3. The molecule has 0 spiro atoms. The SMILES string of the molecule is CC1(C)Cc2nc3c(cc2CO1)c(=O)n(-c1ccccc1)c(=O)n3Cc1ccccc1. The summed E-state index contributed by atoms with van der Waals surface area (Å²) in [5, 5.41) is 0.418. The molecule has 0 N–H and O–H groups in total. The predicted octanol–water partition coefficient (Wildman–Crippen LogP) is 3.45. The molecule has 2 aromatic heterocycles. The molecule has 6 heteroatoms. The van der Waals surface area contributed by atoms with E-state index in [1.165, 1.54) is 4.57 Å². The minimum Gasteiger partial charge on any atom is -0.370 e. The fourth-order valence-corrected chi connectivity index (χ4v) is 4.08. The van der Waals surface area contributed by atoms with Gasteiger partial charge in [-0.1, -0.05) is 48.5 Å². The van der Waals surface area contributed by atoms with E-state index in [4.69, 9.17) is 9.72 Å². The van der Waals surface area contributed by atoms with Gasteiger partial charge < -0.3 is 4.74 Å². The van der Waals surface area contributed by atoms with Crippen molar-refractivity contribution in [1.29, 1.82) is 0 Å². The van der Waals surface area contributed by atoms with Gasteiger partial charge in [0, 0.05) is 12.0 Å². The first-order chi connectivity index (χ1) is 14.9. The van der Waals surface area contributed by atoms with Gasteiger partial charge in [-0.05, 0) is 37.6 Å². The molecule has 1 aliphatic rings. The second-order valence-corrected chi connectivity index (χ2v) is 8.52. The number of fused-ring (bicyclic) bond motifs is 2. The third kappa shape index (κ3) is 3.49. The summed E-state index contributed by atoms with van der Waals surface area (Å²) in [5.41, 5.74) is 2.60. The highest BCUT2D eigenvalue weighted by Gasteiger charge is 2.28. The third-order valence-electron chi connectivity index (χ3n) is 5.69. The van der Waals surface area contributed by atoms with Crippen LogP contribution in [0, 0.1) is 0 Å². The van der Waals surface area contributed by atoms with E-state index in [0.717, 1.165) is 16.8 Å². The average molecular weight is 413 g/mol. The van der Waals surface area contributed by atoms with E-state index in [9.17, 15) is 9.59 Å². The van der Waals surface area contributed by atoms with Crippen molar-refractivity contribution in [3.63, 3.8) is 0 Å². The molecule has 0 radical (unpaired) electrons. The number of benzene rings is 2. The Hall–Kier alpha value is -3.51. The number of hydrogen-bond donors (Lipinski definition) is 0. The Morgan fingerprint density at radius 2 is 1.68 bits per heavy atom. The summed E-state index contributed by atoms with van der Waals surface area (Å²) in [5.74, 6) is 0. The van der Waals surface area contributed by atoms with Crippen molar-refractivity contribution in [2.24, 2.45) is 0 Å². The van der Waals surface area contributed by atoms with Crippen molar-refractivity contribution in [1.82, 2.24) is 14.1 Å². The van der Waals surface area contributed by atoms with Crippen molar-refractivity contribution >= 4 is 11.0 Å². The van der Waals surface area contributed by atoms with Gasteiger partial charge in [0.25, 0.3) is 5.56 Å². The van der Waals surface area contributed by atoms with Crippen molar-refractivity contribution in [3.8, 4) is 5.69 Å². The minimum atomic E-state index is -0.397. The highest BCUT2D eigenvalue weighted by Crippen LogP contribution is 2.28. The lowest BCUT2D eigenvalue weighted by Gasteiger charge is -2.31. The molecule has 4 aromatic rings. The lowest BCUT2D eigenvalue weighted by molar-refractivity contribution is -0.0411. The van der Waals surface area contributed by atoms with Gasteiger partial charge >= 0.3 is 5.69 Å². The fraction of sp³-hybridized carbons (Fsp3) is 0.240. The summed E-state index contributed by atoms with van der Waals surface area (Å²) < 4.78 is 8.76. The Morgan fingerprint density at radius 1 is 1.00 bits per heavy atom. The number of rotatable bonds is 3. The van der Waals surface area contributed by atoms with Gasteiger partial charge in [0.2, 0.25) is 0 Å². The molecule has 0 atom stereocenters. The quantitative estimate of drug-likeness (QED) is 0.516. The molecule has 6 nitrogen and oxygen atoms in total. The number of nitrogens with zero attached hydrogens (tertiary/aromatic N) is 3. The molecule has 0 saturated carbocycles. The Kier molecular flexibility index (Phi) is 4.59. The van der Waals surface area contributed by atoms with E-state index in [0.29, 0.717) is 36.3 Å². The van der Waals surface area contributed by atoms with Crippen LogP contribution in [0.2, 0.25) is 0 Å². The summed E-state index contributed by atoms with van der Waals surface area (Å²) in [4.78, 5) is 31.8. The van der Waals surface area contributed by atoms with Crippen molar-refractivity contribution in [2.75, 3.05) is 0 Å². The van der Waals surface area contributed by atoms with Crippen LogP contribution in [0.15, 0.2) is 76.3 Å². The molecule has 0 bridgehead atoms. The van der Waals surface area contributed by atoms with Crippen molar-refractivity contribution < 1.29 is 4.74 Å². The van der Waals surface area contributed by atoms with Gasteiger partial charge in [0.05, 0.1) is 35.5 Å². The fourth-order valence-electron chi connectivity index (χ4n) is 4.08. The number of pyridine rings is 1. The van der Waals surface area contributed by atoms with E-state index in [1.807, 2.05) is 68.4 Å². The van der Waals surface area contributed by atoms with Crippen molar-refractivity contribution in [3.05, 3.63) is 104 Å². The number of para-hydroxylation sites is 1. The first-order valence-corrected chi connectivity index (χ1v) is 10.3. The van der Waals surface area contributed by atoms with Crippen LogP contribution in [0.5, 0.6) is 0 Å². The average Bonchev–Trinajstić information content (AvgIpc) is 2.77. The second-order valence-electron chi connectivity index (χ2n) is 8.52. The molecule has 0 fully saturated rings. The van der Waals surface area contributed by atoms with Gasteiger partial charge in [0.1, 0.15) is 5.65 Å². The molecule has 2 aromatic carbocycles. The monoisotopic (exact) mass is 413 g/mol. The summed E-state index contributed by atoms with van der Waals surface area (Å²) in [6, 6.07) is 20.6. The molecule has 0 unspecified atom stereocenters. The molecule has 0 amide bonds. The lowest BCUT2D eigenvalue weighted by atomic mass is 9.95. The Bertz CT molecular complexity index is 1390. The largest absolute Gasteiger partial charge is 0.370 e. The van der Waals surface area contributed by atoms with E-state index in [2.05, 4.69) is 0 Å². The molecule has 0 saturated heterocycles. The molecule has 156 valence electrons. The lowest BCUT2D eigenvalue weighted by Crippen LogP contribution is -2.40. The van der Waals surface area contributed by atoms with Crippen LogP contribution < -0.4 is 11.2 Å². The Morgan fingerprint density at radius 3 is 2.39 bits per heavy atom. The molecule has 3 heterocycles. The van der Waals surface area contributed by atoms with Gasteiger partial charge in [0.15, 0.2) is 0 Å². The van der Waals surface area contributed by atoms with Gasteiger partial charge in [-0.2, -0.15) is 0 Å². The normalized spacial score (nSPS) is 15.0. The van der Waals surface area contributed by atoms with Gasteiger partial charge in [-0.3, -0.25) is 9.36 Å². The third-order valence-corrected chi connectivity index (χ3v) is 5.69. The smallest absolute Gasteiger partial charge is 0.337 e. The number of hydrogen-bond acceptors (Lipinski definition) is 4. The summed E-state index contributed by atoms with van der Waals surface area (Å²) >= 11 is 0. The maximum absolute atomic E-state index is 13.6. The zero-order valence-electron chi connectivity index (χ0n) is 17.5. The van der Waals surface area contributed by atoms with E-state index >= 15 is 0 Å². The maximum atomic E-state index is 13.6. The predicted molar refractivity (Wildman–Crippen MR) is 120 cm³/mol. The van der Waals surface area contributed by atoms with Gasteiger partial charge in [-0.25, -0.2) is 14.3 Å². The maximum Gasteiger partial charge on any atom is 0.337 e. The van der Waals surface area contributed by atoms with Crippen LogP contribution in [-0.4, -0.2) is 19.7 Å². The first-order valence-electron chi connectivity index (χ1n) is 10.3. The van der Waals surface area contributed by atoms with Crippen LogP contribution in [0.1, 0.15) is 30.7 Å². The molecule has 5 rings (SSSR count). The van der Waals surface area contributed by atoms with Crippen LogP contribution >= 0.6 is 0 Å². The van der Waals surface area contributed by atoms with Crippen molar-refractivity contribution in [2.45, 2.75) is 39.0 Å². The molecular weight excluding hydrogens is 390 g/mol. The van der Waals surface area contributed by atoms with E-state index < -0.39 is 5.69 Å². The van der Waals surface area contributed by atoms with Crippen LogP contribution in [-0.2, 0) is 24.3 Å². The summed E-state index contributed by atoms with van der Waals surface area (Å²) in [6.45, 7) is 4.77. The first kappa shape index (κ1) is 19.5. The Labute approximate surface area is 179 Å². The zero-order chi connectivity index (χ0) is 21.6. The summed E-state index contributed by atoms with van der Waals surface area (Å²) in [6.07, 6.45) is 0.625. The van der Waals surface area contributed by atoms with E-state index in [1.54, 1.807) is 16.7 Å². The summed E-state index contributed by atoms with van der Waals surface area (Å²) in [7, 11) is 0. The highest BCUT2D eigenvalue weighted by molar-refractivity contribution is 5.76. The van der Waals surface area contributed by atoms with Crippen LogP contribution in [0.3, 0.4) is 0 Å². The zero-order valence-corrected chi connectivity index (χ0v) is 17.5. The number of ether oxygens (including phenoxy) is 1. The van der Waals surface area contributed by atoms with Crippen LogP contribution in [0.4, 0.5) is 0 Å². The topological polar surface area (TPSA) is 66.1 Å². The molecule has 31 heavy (non-hydrogen) atoms. The van der Waals surface area contributed by atoms with Gasteiger partial charge in [-0.15, -0.1) is 0 Å². The highest BCUT2D eigenvalue weighted by atomic mass is 16.5. The molecular formula is C25H23N3O3. The van der Waals surface area contributed by atoms with E-state index in [-0.39, 0.29) is 11.2 Å². The van der Waals surface area contributed by atoms with Crippen LogP contribution in [0.25, 0.3) is 16.7 Å². The molecule has 1 aliphatic heterocycles. The second kappa shape index (κ2) is 7.32.